The Morgan fingerprint density at radius 1 is 1.17 bits per heavy atom. The van der Waals surface area contributed by atoms with Crippen LogP contribution >= 0.6 is 0 Å². The number of carboxylic acid groups (broad SMARTS) is 1. The SMILES string of the molecule is O=C(O)CCC(O)c1ccc(-c2ccoc2)cc1. The number of furan rings is 1. The van der Waals surface area contributed by atoms with Crippen molar-refractivity contribution in [1.29, 1.82) is 0 Å². The number of rotatable bonds is 5. The second-order valence-corrected chi connectivity index (χ2v) is 4.08. The molecule has 0 radical (unpaired) electrons. The molecule has 94 valence electrons. The molecule has 0 saturated carbocycles. The predicted octanol–water partition coefficient (Wildman–Crippen LogP) is 2.84. The third-order valence-corrected chi connectivity index (χ3v) is 2.78. The summed E-state index contributed by atoms with van der Waals surface area (Å²) >= 11 is 0. The molecule has 0 fully saturated rings. The van der Waals surface area contributed by atoms with Gasteiger partial charge >= 0.3 is 5.97 Å². The summed E-state index contributed by atoms with van der Waals surface area (Å²) in [6.07, 6.45) is 2.70. The van der Waals surface area contributed by atoms with Crippen molar-refractivity contribution in [3.63, 3.8) is 0 Å². The van der Waals surface area contributed by atoms with Gasteiger partial charge in [0.2, 0.25) is 0 Å². The minimum Gasteiger partial charge on any atom is -0.481 e. The van der Waals surface area contributed by atoms with Crippen LogP contribution in [0, 0.1) is 0 Å². The van der Waals surface area contributed by atoms with Crippen LogP contribution < -0.4 is 0 Å². The second-order valence-electron chi connectivity index (χ2n) is 4.08. The fourth-order valence-electron chi connectivity index (χ4n) is 1.75. The lowest BCUT2D eigenvalue weighted by Crippen LogP contribution is -2.02. The molecule has 4 heteroatoms. The summed E-state index contributed by atoms with van der Waals surface area (Å²) in [6.45, 7) is 0. The van der Waals surface area contributed by atoms with Crippen LogP contribution in [0.4, 0.5) is 0 Å². The number of hydrogen-bond acceptors (Lipinski definition) is 3. The molecule has 0 amide bonds. The van der Waals surface area contributed by atoms with E-state index in [9.17, 15) is 9.90 Å². The number of aliphatic carboxylic acids is 1. The smallest absolute Gasteiger partial charge is 0.303 e. The van der Waals surface area contributed by atoms with Gasteiger partial charge in [0.1, 0.15) is 0 Å². The maximum atomic E-state index is 10.4. The largest absolute Gasteiger partial charge is 0.481 e. The molecular weight excluding hydrogens is 232 g/mol. The minimum absolute atomic E-state index is 0.0371. The zero-order valence-electron chi connectivity index (χ0n) is 9.74. The first-order valence-corrected chi connectivity index (χ1v) is 5.69. The Hall–Kier alpha value is -2.07. The van der Waals surface area contributed by atoms with Crippen LogP contribution in [-0.2, 0) is 4.79 Å². The number of hydrogen-bond donors (Lipinski definition) is 2. The highest BCUT2D eigenvalue weighted by Gasteiger charge is 2.10. The van der Waals surface area contributed by atoms with Gasteiger partial charge in [-0.1, -0.05) is 24.3 Å². The average Bonchev–Trinajstić information content (AvgIpc) is 2.90. The zero-order valence-corrected chi connectivity index (χ0v) is 9.74. The van der Waals surface area contributed by atoms with Crippen molar-refractivity contribution in [1.82, 2.24) is 0 Å². The summed E-state index contributed by atoms with van der Waals surface area (Å²) < 4.78 is 5.00. The van der Waals surface area contributed by atoms with Gasteiger partial charge in [-0.2, -0.15) is 0 Å². The average molecular weight is 246 g/mol. The van der Waals surface area contributed by atoms with E-state index in [0.29, 0.717) is 0 Å². The summed E-state index contributed by atoms with van der Waals surface area (Å²) in [7, 11) is 0. The number of aliphatic hydroxyl groups is 1. The van der Waals surface area contributed by atoms with Crippen LogP contribution in [-0.4, -0.2) is 16.2 Å². The highest BCUT2D eigenvalue weighted by atomic mass is 16.4. The fraction of sp³-hybridized carbons (Fsp3) is 0.214. The van der Waals surface area contributed by atoms with Gasteiger partial charge in [-0.3, -0.25) is 4.79 Å². The standard InChI is InChI=1S/C14H14O4/c15-13(5-6-14(16)17)11-3-1-10(2-4-11)12-7-8-18-9-12/h1-4,7-9,13,15H,5-6H2,(H,16,17). The molecule has 0 saturated heterocycles. The summed E-state index contributed by atoms with van der Waals surface area (Å²) in [6, 6.07) is 9.22. The number of carbonyl (C=O) groups is 1. The Bertz CT molecular complexity index is 499. The third kappa shape index (κ3) is 2.99. The van der Waals surface area contributed by atoms with E-state index >= 15 is 0 Å². The van der Waals surface area contributed by atoms with Gasteiger partial charge in [0.05, 0.1) is 18.6 Å². The van der Waals surface area contributed by atoms with E-state index in [1.165, 1.54) is 0 Å². The first-order valence-electron chi connectivity index (χ1n) is 5.69. The van der Waals surface area contributed by atoms with E-state index in [0.717, 1.165) is 16.7 Å². The summed E-state index contributed by atoms with van der Waals surface area (Å²) in [5, 5.41) is 18.4. The molecule has 2 N–H and O–H groups in total. The fourth-order valence-corrected chi connectivity index (χ4v) is 1.75. The van der Waals surface area contributed by atoms with Gasteiger partial charge in [-0.05, 0) is 23.6 Å². The molecule has 1 unspecified atom stereocenters. The van der Waals surface area contributed by atoms with Crippen molar-refractivity contribution in [2.24, 2.45) is 0 Å². The molecule has 1 aromatic heterocycles. The van der Waals surface area contributed by atoms with E-state index in [-0.39, 0.29) is 12.8 Å². The predicted molar refractivity (Wildman–Crippen MR) is 66.0 cm³/mol. The topological polar surface area (TPSA) is 70.7 Å². The molecule has 1 atom stereocenters. The first kappa shape index (κ1) is 12.4. The molecule has 0 spiro atoms. The number of aliphatic hydroxyl groups excluding tert-OH is 1. The van der Waals surface area contributed by atoms with E-state index in [1.54, 1.807) is 24.7 Å². The highest BCUT2D eigenvalue weighted by molar-refractivity contribution is 5.66. The Kier molecular flexibility index (Phi) is 3.79. The van der Waals surface area contributed by atoms with Gasteiger partial charge in [0.15, 0.2) is 0 Å². The van der Waals surface area contributed by atoms with E-state index in [4.69, 9.17) is 9.52 Å². The van der Waals surface area contributed by atoms with Crippen molar-refractivity contribution >= 4 is 5.97 Å². The molecule has 18 heavy (non-hydrogen) atoms. The van der Waals surface area contributed by atoms with Gasteiger partial charge < -0.3 is 14.6 Å². The quantitative estimate of drug-likeness (QED) is 0.851. The molecule has 2 aromatic rings. The van der Waals surface area contributed by atoms with Gasteiger partial charge in [0, 0.05) is 12.0 Å². The number of benzene rings is 1. The summed E-state index contributed by atoms with van der Waals surface area (Å²) in [5.74, 6) is -0.899. The molecule has 0 bridgehead atoms. The third-order valence-electron chi connectivity index (χ3n) is 2.78. The van der Waals surface area contributed by atoms with Crippen LogP contribution in [0.1, 0.15) is 24.5 Å². The Labute approximate surface area is 104 Å². The van der Waals surface area contributed by atoms with Crippen LogP contribution in [0.2, 0.25) is 0 Å². The highest BCUT2D eigenvalue weighted by Crippen LogP contribution is 2.24. The Balaban J connectivity index is 2.05. The molecule has 0 aliphatic carbocycles. The van der Waals surface area contributed by atoms with Crippen LogP contribution in [0.3, 0.4) is 0 Å². The molecule has 1 heterocycles. The van der Waals surface area contributed by atoms with Gasteiger partial charge in [-0.25, -0.2) is 0 Å². The first-order chi connectivity index (χ1) is 8.66. The zero-order chi connectivity index (χ0) is 13.0. The monoisotopic (exact) mass is 246 g/mol. The molecule has 4 nitrogen and oxygen atoms in total. The van der Waals surface area contributed by atoms with E-state index in [1.807, 2.05) is 18.2 Å². The maximum Gasteiger partial charge on any atom is 0.303 e. The van der Waals surface area contributed by atoms with Crippen LogP contribution in [0.15, 0.2) is 47.3 Å². The van der Waals surface area contributed by atoms with Crippen molar-refractivity contribution in [2.45, 2.75) is 18.9 Å². The van der Waals surface area contributed by atoms with E-state index in [2.05, 4.69) is 0 Å². The van der Waals surface area contributed by atoms with Crippen molar-refractivity contribution < 1.29 is 19.4 Å². The van der Waals surface area contributed by atoms with Gasteiger partial charge in [0.25, 0.3) is 0 Å². The molecule has 0 aliphatic heterocycles. The lowest BCUT2D eigenvalue weighted by Gasteiger charge is -2.09. The maximum absolute atomic E-state index is 10.4. The summed E-state index contributed by atoms with van der Waals surface area (Å²) in [5.41, 5.74) is 2.70. The lowest BCUT2D eigenvalue weighted by atomic mass is 10.0. The lowest BCUT2D eigenvalue weighted by molar-refractivity contribution is -0.137. The molecule has 0 aliphatic rings. The Morgan fingerprint density at radius 3 is 2.44 bits per heavy atom. The summed E-state index contributed by atoms with van der Waals surface area (Å²) in [4.78, 5) is 10.4. The van der Waals surface area contributed by atoms with Crippen molar-refractivity contribution in [2.75, 3.05) is 0 Å². The van der Waals surface area contributed by atoms with E-state index < -0.39 is 12.1 Å². The van der Waals surface area contributed by atoms with Gasteiger partial charge in [-0.15, -0.1) is 0 Å². The second kappa shape index (κ2) is 5.51. The molecular formula is C14H14O4. The molecule has 2 rings (SSSR count). The number of carboxylic acids is 1. The van der Waals surface area contributed by atoms with Crippen molar-refractivity contribution in [3.8, 4) is 11.1 Å². The molecule has 1 aromatic carbocycles. The minimum atomic E-state index is -0.899. The normalized spacial score (nSPS) is 12.3. The Morgan fingerprint density at radius 2 is 1.89 bits per heavy atom. The van der Waals surface area contributed by atoms with Crippen molar-refractivity contribution in [3.05, 3.63) is 48.4 Å². The van der Waals surface area contributed by atoms with Crippen LogP contribution in [0.25, 0.3) is 11.1 Å². The van der Waals surface area contributed by atoms with Crippen LogP contribution in [0.5, 0.6) is 0 Å².